The number of aromatic nitrogens is 1. The number of hydrogen-bond donors (Lipinski definition) is 1. The molecule has 1 N–H and O–H groups in total. The maximum Gasteiger partial charge on any atom is 0.0695 e. The Morgan fingerprint density at radius 3 is 2.16 bits per heavy atom. The van der Waals surface area contributed by atoms with Crippen LogP contribution in [0.25, 0.3) is 10.9 Å². The summed E-state index contributed by atoms with van der Waals surface area (Å²) in [4.78, 5) is 2.51. The van der Waals surface area contributed by atoms with Crippen LogP contribution in [0.2, 0.25) is 0 Å². The highest BCUT2D eigenvalue weighted by Gasteiger charge is 2.29. The molecule has 2 atom stereocenters. The van der Waals surface area contributed by atoms with Crippen molar-refractivity contribution in [3.63, 3.8) is 0 Å². The van der Waals surface area contributed by atoms with Gasteiger partial charge in [0.25, 0.3) is 0 Å². The molecule has 0 unspecified atom stereocenters. The zero-order valence-electron chi connectivity index (χ0n) is 18.6. The molecule has 164 valence electrons. The van der Waals surface area contributed by atoms with Gasteiger partial charge in [-0.1, -0.05) is 91.7 Å². The summed E-state index contributed by atoms with van der Waals surface area (Å²) in [6.07, 6.45) is 6.38. The second-order valence-corrected chi connectivity index (χ2v) is 9.09. The first-order chi connectivity index (χ1) is 15.8. The van der Waals surface area contributed by atoms with Crippen LogP contribution in [-0.4, -0.2) is 26.7 Å². The topological polar surface area (TPSA) is 28.4 Å². The number of aliphatic hydroxyl groups is 1. The predicted octanol–water partition coefficient (Wildman–Crippen LogP) is 6.00. The molecule has 0 saturated heterocycles. The normalized spacial score (nSPS) is 18.9. The van der Waals surface area contributed by atoms with Crippen molar-refractivity contribution in [3.8, 4) is 0 Å². The summed E-state index contributed by atoms with van der Waals surface area (Å²) in [6, 6.07) is 30.3. The van der Waals surface area contributed by atoms with E-state index >= 15 is 0 Å². The lowest BCUT2D eigenvalue weighted by Gasteiger charge is -2.37. The van der Waals surface area contributed by atoms with Crippen LogP contribution in [0.5, 0.6) is 0 Å². The molecule has 5 rings (SSSR count). The summed E-state index contributed by atoms with van der Waals surface area (Å²) in [7, 11) is 0. The Hall–Kier alpha value is -2.88. The first kappa shape index (κ1) is 21.0. The summed E-state index contributed by atoms with van der Waals surface area (Å²) >= 11 is 0. The third-order valence-corrected chi connectivity index (χ3v) is 6.83. The van der Waals surface area contributed by atoms with Crippen LogP contribution >= 0.6 is 0 Å². The predicted molar refractivity (Wildman–Crippen MR) is 131 cm³/mol. The van der Waals surface area contributed by atoms with E-state index in [1.807, 2.05) is 0 Å². The standard InChI is InChI=1S/C29H32N2O/c32-29-18-10-9-17-28(29)31(20-24-13-5-2-6-14-24)22-25-21-30(19-23-11-3-1-4-12-23)27-16-8-7-15-26(25)27/h1-8,11-16,21,28-29,32H,9-10,17-20,22H2/t28-,29-/m1/s1. The SMILES string of the molecule is O[C@@H]1CCCC[C@H]1N(Cc1ccccc1)Cc1cn(Cc2ccccc2)c2ccccc12. The van der Waals surface area contributed by atoms with Gasteiger partial charge >= 0.3 is 0 Å². The molecule has 0 amide bonds. The molecule has 32 heavy (non-hydrogen) atoms. The summed E-state index contributed by atoms with van der Waals surface area (Å²) in [5.41, 5.74) is 5.22. The molecule has 1 fully saturated rings. The number of para-hydroxylation sites is 1. The van der Waals surface area contributed by atoms with Gasteiger partial charge < -0.3 is 9.67 Å². The van der Waals surface area contributed by atoms with Gasteiger partial charge in [-0.2, -0.15) is 0 Å². The van der Waals surface area contributed by atoms with Gasteiger partial charge in [-0.05, 0) is 35.6 Å². The highest BCUT2D eigenvalue weighted by atomic mass is 16.3. The van der Waals surface area contributed by atoms with Gasteiger partial charge in [0.2, 0.25) is 0 Å². The molecule has 1 saturated carbocycles. The zero-order chi connectivity index (χ0) is 21.8. The summed E-state index contributed by atoms with van der Waals surface area (Å²) < 4.78 is 2.37. The largest absolute Gasteiger partial charge is 0.391 e. The van der Waals surface area contributed by atoms with Gasteiger partial charge in [0.15, 0.2) is 0 Å². The van der Waals surface area contributed by atoms with Crippen LogP contribution in [0.15, 0.2) is 91.1 Å². The Kier molecular flexibility index (Phi) is 6.38. The van der Waals surface area contributed by atoms with Gasteiger partial charge in [0, 0.05) is 42.8 Å². The molecule has 0 aliphatic heterocycles. The van der Waals surface area contributed by atoms with Crippen molar-refractivity contribution in [1.82, 2.24) is 9.47 Å². The van der Waals surface area contributed by atoms with E-state index in [9.17, 15) is 5.11 Å². The van der Waals surface area contributed by atoms with Crippen molar-refractivity contribution in [2.45, 2.75) is 57.5 Å². The van der Waals surface area contributed by atoms with Crippen molar-refractivity contribution in [2.24, 2.45) is 0 Å². The first-order valence-corrected chi connectivity index (χ1v) is 11.8. The van der Waals surface area contributed by atoms with Crippen LogP contribution in [-0.2, 0) is 19.6 Å². The van der Waals surface area contributed by atoms with Crippen LogP contribution in [0, 0.1) is 0 Å². The van der Waals surface area contributed by atoms with E-state index < -0.39 is 0 Å². The summed E-state index contributed by atoms with van der Waals surface area (Å²) in [5.74, 6) is 0. The number of fused-ring (bicyclic) bond motifs is 1. The number of benzene rings is 3. The smallest absolute Gasteiger partial charge is 0.0695 e. The minimum Gasteiger partial charge on any atom is -0.391 e. The maximum atomic E-state index is 10.9. The van der Waals surface area contributed by atoms with E-state index in [-0.39, 0.29) is 12.1 Å². The lowest BCUT2D eigenvalue weighted by atomic mass is 9.90. The molecular formula is C29H32N2O. The minimum atomic E-state index is -0.245. The molecule has 1 aliphatic rings. The molecule has 3 aromatic carbocycles. The fourth-order valence-electron chi connectivity index (χ4n) is 5.20. The third kappa shape index (κ3) is 4.64. The van der Waals surface area contributed by atoms with Crippen molar-refractivity contribution in [2.75, 3.05) is 0 Å². The second-order valence-electron chi connectivity index (χ2n) is 9.09. The van der Waals surface area contributed by atoms with Crippen molar-refractivity contribution in [1.29, 1.82) is 0 Å². The monoisotopic (exact) mass is 424 g/mol. The number of rotatable bonds is 7. The Morgan fingerprint density at radius 2 is 1.41 bits per heavy atom. The average Bonchev–Trinajstić information content (AvgIpc) is 3.17. The van der Waals surface area contributed by atoms with Crippen LogP contribution < -0.4 is 0 Å². The number of nitrogens with zero attached hydrogens (tertiary/aromatic N) is 2. The fraction of sp³-hybridized carbons (Fsp3) is 0.310. The van der Waals surface area contributed by atoms with Crippen LogP contribution in [0.3, 0.4) is 0 Å². The second kappa shape index (κ2) is 9.72. The van der Waals surface area contributed by atoms with Crippen LogP contribution in [0.4, 0.5) is 0 Å². The number of hydrogen-bond acceptors (Lipinski definition) is 2. The van der Waals surface area contributed by atoms with Crippen molar-refractivity contribution < 1.29 is 5.11 Å². The lowest BCUT2D eigenvalue weighted by molar-refractivity contribution is 0.0116. The molecule has 0 bridgehead atoms. The molecular weight excluding hydrogens is 392 g/mol. The Bertz CT molecular complexity index is 1140. The van der Waals surface area contributed by atoms with E-state index in [0.717, 1.165) is 38.9 Å². The molecule has 1 aromatic heterocycles. The molecule has 1 heterocycles. The Morgan fingerprint density at radius 1 is 0.750 bits per heavy atom. The van der Waals surface area contributed by atoms with E-state index in [4.69, 9.17) is 0 Å². The van der Waals surface area contributed by atoms with Gasteiger partial charge in [0.1, 0.15) is 0 Å². The lowest BCUT2D eigenvalue weighted by Crippen LogP contribution is -2.44. The third-order valence-electron chi connectivity index (χ3n) is 6.83. The highest BCUT2D eigenvalue weighted by molar-refractivity contribution is 5.84. The van der Waals surface area contributed by atoms with Gasteiger partial charge in [-0.25, -0.2) is 0 Å². The molecule has 1 aliphatic carbocycles. The van der Waals surface area contributed by atoms with E-state index in [0.29, 0.717) is 0 Å². The Balaban J connectivity index is 1.48. The van der Waals surface area contributed by atoms with Gasteiger partial charge in [-0.15, -0.1) is 0 Å². The zero-order valence-corrected chi connectivity index (χ0v) is 18.6. The minimum absolute atomic E-state index is 0.209. The van der Waals surface area contributed by atoms with Gasteiger partial charge in [0.05, 0.1) is 6.10 Å². The quantitative estimate of drug-likeness (QED) is 0.394. The van der Waals surface area contributed by atoms with Crippen molar-refractivity contribution >= 4 is 10.9 Å². The van der Waals surface area contributed by atoms with Gasteiger partial charge in [-0.3, -0.25) is 4.90 Å². The number of aliphatic hydroxyl groups excluding tert-OH is 1. The van der Waals surface area contributed by atoms with E-state index in [2.05, 4.69) is 101 Å². The van der Waals surface area contributed by atoms with E-state index in [1.54, 1.807) is 0 Å². The molecule has 3 nitrogen and oxygen atoms in total. The molecule has 4 aromatic rings. The Labute approximate surface area is 190 Å². The maximum absolute atomic E-state index is 10.9. The highest BCUT2D eigenvalue weighted by Crippen LogP contribution is 2.29. The van der Waals surface area contributed by atoms with E-state index in [1.165, 1.54) is 34.0 Å². The molecule has 0 spiro atoms. The van der Waals surface area contributed by atoms with Crippen LogP contribution in [0.1, 0.15) is 42.4 Å². The summed E-state index contributed by atoms with van der Waals surface area (Å²) in [5, 5.41) is 12.2. The van der Waals surface area contributed by atoms with Crippen molar-refractivity contribution in [3.05, 3.63) is 108 Å². The fourth-order valence-corrected chi connectivity index (χ4v) is 5.20. The molecule has 3 heteroatoms. The molecule has 0 radical (unpaired) electrons. The first-order valence-electron chi connectivity index (χ1n) is 11.8. The summed E-state index contributed by atoms with van der Waals surface area (Å²) in [6.45, 7) is 2.58. The average molecular weight is 425 g/mol.